The van der Waals surface area contributed by atoms with E-state index in [-0.39, 0.29) is 0 Å². The monoisotopic (exact) mass is 233 g/mol. The van der Waals surface area contributed by atoms with E-state index in [1.165, 1.54) is 5.56 Å². The fourth-order valence-corrected chi connectivity index (χ4v) is 1.63. The molecule has 0 fully saturated rings. The van der Waals surface area contributed by atoms with Crippen LogP contribution in [-0.2, 0) is 4.74 Å². The van der Waals surface area contributed by atoms with Crippen molar-refractivity contribution in [2.24, 2.45) is 0 Å². The summed E-state index contributed by atoms with van der Waals surface area (Å²) in [7, 11) is 0. The van der Waals surface area contributed by atoms with Crippen molar-refractivity contribution >= 4 is 6.08 Å². The van der Waals surface area contributed by atoms with Crippen LogP contribution in [0.4, 0.5) is 0 Å². The molecule has 0 saturated carbocycles. The number of benzene rings is 1. The van der Waals surface area contributed by atoms with Gasteiger partial charge in [0.25, 0.3) is 0 Å². The van der Waals surface area contributed by atoms with Crippen LogP contribution in [0.15, 0.2) is 36.4 Å². The first-order valence-corrected chi connectivity index (χ1v) is 6.38. The minimum Gasteiger partial charge on any atom is -0.376 e. The Hall–Kier alpha value is -1.12. The van der Waals surface area contributed by atoms with Crippen molar-refractivity contribution in [2.45, 2.75) is 13.8 Å². The lowest BCUT2D eigenvalue weighted by molar-refractivity contribution is 0.128. The molecule has 0 spiro atoms. The smallest absolute Gasteiger partial charge is 0.0651 e. The molecule has 2 heteroatoms. The van der Waals surface area contributed by atoms with Crippen molar-refractivity contribution in [3.05, 3.63) is 42.0 Å². The summed E-state index contributed by atoms with van der Waals surface area (Å²) in [6, 6.07) is 10.3. The molecular formula is C15H23NO. The van der Waals surface area contributed by atoms with Gasteiger partial charge >= 0.3 is 0 Å². The molecule has 0 saturated heterocycles. The van der Waals surface area contributed by atoms with E-state index in [9.17, 15) is 0 Å². The molecule has 0 bridgehead atoms. The summed E-state index contributed by atoms with van der Waals surface area (Å²) in [5.41, 5.74) is 1.22. The van der Waals surface area contributed by atoms with E-state index in [1.54, 1.807) is 0 Å². The lowest BCUT2D eigenvalue weighted by Gasteiger charge is -2.17. The van der Waals surface area contributed by atoms with Crippen molar-refractivity contribution in [2.75, 3.05) is 32.8 Å². The van der Waals surface area contributed by atoms with Gasteiger partial charge in [-0.2, -0.15) is 0 Å². The molecule has 94 valence electrons. The zero-order valence-electron chi connectivity index (χ0n) is 10.9. The number of nitrogens with zero attached hydrogens (tertiary/aromatic N) is 1. The maximum absolute atomic E-state index is 5.56. The van der Waals surface area contributed by atoms with Crippen LogP contribution in [0.25, 0.3) is 6.08 Å². The highest BCUT2D eigenvalue weighted by atomic mass is 16.5. The zero-order valence-corrected chi connectivity index (χ0v) is 10.9. The quantitative estimate of drug-likeness (QED) is 0.640. The van der Waals surface area contributed by atoms with Crippen molar-refractivity contribution in [3.63, 3.8) is 0 Å². The molecular weight excluding hydrogens is 210 g/mol. The lowest BCUT2D eigenvalue weighted by Crippen LogP contribution is -2.27. The SMILES string of the molecule is CCN(CC)CCOC/C=C/c1ccccc1. The van der Waals surface area contributed by atoms with E-state index >= 15 is 0 Å². The number of hydrogen-bond acceptors (Lipinski definition) is 2. The van der Waals surface area contributed by atoms with Crippen LogP contribution in [0.1, 0.15) is 19.4 Å². The van der Waals surface area contributed by atoms with Gasteiger partial charge in [0, 0.05) is 6.54 Å². The molecule has 0 heterocycles. The molecule has 2 nitrogen and oxygen atoms in total. The summed E-state index contributed by atoms with van der Waals surface area (Å²) in [5.74, 6) is 0. The van der Waals surface area contributed by atoms with Gasteiger partial charge < -0.3 is 9.64 Å². The van der Waals surface area contributed by atoms with Crippen molar-refractivity contribution in [1.29, 1.82) is 0 Å². The Kier molecular flexibility index (Phi) is 7.35. The maximum atomic E-state index is 5.56. The Morgan fingerprint density at radius 2 is 1.82 bits per heavy atom. The second-order valence-electron chi connectivity index (χ2n) is 3.91. The lowest BCUT2D eigenvalue weighted by atomic mass is 10.2. The van der Waals surface area contributed by atoms with Gasteiger partial charge in [-0.15, -0.1) is 0 Å². The first kappa shape index (κ1) is 13.9. The van der Waals surface area contributed by atoms with Gasteiger partial charge in [-0.25, -0.2) is 0 Å². The largest absolute Gasteiger partial charge is 0.376 e. The van der Waals surface area contributed by atoms with Gasteiger partial charge in [-0.05, 0) is 18.7 Å². The first-order chi connectivity index (χ1) is 8.36. The van der Waals surface area contributed by atoms with E-state index < -0.39 is 0 Å². The van der Waals surface area contributed by atoms with Crippen LogP contribution in [0.3, 0.4) is 0 Å². The number of likely N-dealkylation sites (N-methyl/N-ethyl adjacent to an activating group) is 1. The second kappa shape index (κ2) is 8.97. The standard InChI is InChI=1S/C15H23NO/c1-3-16(4-2)12-14-17-13-8-11-15-9-6-5-7-10-15/h5-11H,3-4,12-14H2,1-2H3/b11-8+. The van der Waals surface area contributed by atoms with Gasteiger partial charge in [0.05, 0.1) is 13.2 Å². The molecule has 1 aromatic rings. The van der Waals surface area contributed by atoms with Crippen molar-refractivity contribution in [1.82, 2.24) is 4.90 Å². The molecule has 1 rings (SSSR count). The Morgan fingerprint density at radius 1 is 1.12 bits per heavy atom. The van der Waals surface area contributed by atoms with Crippen LogP contribution in [-0.4, -0.2) is 37.7 Å². The Labute approximate surface area is 105 Å². The highest BCUT2D eigenvalue weighted by Gasteiger charge is 1.96. The number of rotatable bonds is 8. The molecule has 0 atom stereocenters. The average Bonchev–Trinajstić information content (AvgIpc) is 2.39. The third-order valence-electron chi connectivity index (χ3n) is 2.77. The maximum Gasteiger partial charge on any atom is 0.0651 e. The van der Waals surface area contributed by atoms with E-state index in [0.717, 1.165) is 26.2 Å². The van der Waals surface area contributed by atoms with E-state index in [1.807, 2.05) is 18.2 Å². The third-order valence-corrected chi connectivity index (χ3v) is 2.77. The Bertz CT molecular complexity index is 304. The van der Waals surface area contributed by atoms with Gasteiger partial charge in [-0.1, -0.05) is 56.3 Å². The molecule has 0 unspecified atom stereocenters. The summed E-state index contributed by atoms with van der Waals surface area (Å²) in [6.45, 7) is 9.07. The Morgan fingerprint density at radius 3 is 2.47 bits per heavy atom. The van der Waals surface area contributed by atoms with E-state index in [2.05, 4.69) is 43.0 Å². The van der Waals surface area contributed by atoms with Gasteiger partial charge in [0.2, 0.25) is 0 Å². The number of ether oxygens (including phenoxy) is 1. The van der Waals surface area contributed by atoms with Gasteiger partial charge in [0.15, 0.2) is 0 Å². The third kappa shape index (κ3) is 6.25. The van der Waals surface area contributed by atoms with Crippen LogP contribution < -0.4 is 0 Å². The zero-order chi connectivity index (χ0) is 12.3. The summed E-state index contributed by atoms with van der Waals surface area (Å²) < 4.78 is 5.56. The average molecular weight is 233 g/mol. The van der Waals surface area contributed by atoms with Crippen LogP contribution in [0, 0.1) is 0 Å². The molecule has 0 N–H and O–H groups in total. The van der Waals surface area contributed by atoms with Crippen molar-refractivity contribution in [3.8, 4) is 0 Å². The summed E-state index contributed by atoms with van der Waals surface area (Å²) in [4.78, 5) is 2.36. The predicted molar refractivity (Wildman–Crippen MR) is 74.1 cm³/mol. The highest BCUT2D eigenvalue weighted by molar-refractivity contribution is 5.48. The fraction of sp³-hybridized carbons (Fsp3) is 0.467. The minimum absolute atomic E-state index is 0.691. The van der Waals surface area contributed by atoms with Crippen molar-refractivity contribution < 1.29 is 4.74 Å². The molecule has 1 aromatic carbocycles. The molecule has 0 aromatic heterocycles. The van der Waals surface area contributed by atoms with Gasteiger partial charge in [0.1, 0.15) is 0 Å². The Balaban J connectivity index is 2.10. The normalized spacial score (nSPS) is 11.5. The van der Waals surface area contributed by atoms with E-state index in [4.69, 9.17) is 4.74 Å². The predicted octanol–water partition coefficient (Wildman–Crippen LogP) is 3.06. The summed E-state index contributed by atoms with van der Waals surface area (Å²) in [5, 5.41) is 0. The van der Waals surface area contributed by atoms with E-state index in [0.29, 0.717) is 6.61 Å². The number of hydrogen-bond donors (Lipinski definition) is 0. The van der Waals surface area contributed by atoms with Crippen LogP contribution >= 0.6 is 0 Å². The first-order valence-electron chi connectivity index (χ1n) is 6.38. The topological polar surface area (TPSA) is 12.5 Å². The van der Waals surface area contributed by atoms with Crippen LogP contribution in [0.5, 0.6) is 0 Å². The molecule has 0 aliphatic carbocycles. The van der Waals surface area contributed by atoms with Crippen LogP contribution in [0.2, 0.25) is 0 Å². The van der Waals surface area contributed by atoms with Gasteiger partial charge in [-0.3, -0.25) is 0 Å². The molecule has 0 aliphatic heterocycles. The molecule has 0 amide bonds. The second-order valence-corrected chi connectivity index (χ2v) is 3.91. The molecule has 0 aliphatic rings. The highest BCUT2D eigenvalue weighted by Crippen LogP contribution is 2.00. The fourth-order valence-electron chi connectivity index (χ4n) is 1.63. The summed E-state index contributed by atoms with van der Waals surface area (Å²) >= 11 is 0. The molecule has 17 heavy (non-hydrogen) atoms. The molecule has 0 radical (unpaired) electrons. The minimum atomic E-state index is 0.691. The summed E-state index contributed by atoms with van der Waals surface area (Å²) in [6.07, 6.45) is 4.16.